The number of amides is 2. The lowest BCUT2D eigenvalue weighted by atomic mass is 10.1. The maximum Gasteiger partial charge on any atom is 0.257 e. The molecule has 2 N–H and O–H groups in total. The van der Waals surface area contributed by atoms with Gasteiger partial charge < -0.3 is 20.2 Å². The molecule has 1 unspecified atom stereocenters. The number of rotatable bonds is 6. The number of benzene rings is 2. The first-order valence-electron chi connectivity index (χ1n) is 9.90. The summed E-state index contributed by atoms with van der Waals surface area (Å²) in [6.45, 7) is 6.37. The van der Waals surface area contributed by atoms with Crippen molar-refractivity contribution < 1.29 is 19.1 Å². The normalized spacial score (nSPS) is 15.7. The number of aliphatic hydroxyl groups excluding tert-OH is 1. The second-order valence-corrected chi connectivity index (χ2v) is 7.68. The van der Waals surface area contributed by atoms with Gasteiger partial charge in [0.2, 0.25) is 5.91 Å². The van der Waals surface area contributed by atoms with Crippen LogP contribution in [0.3, 0.4) is 0 Å². The van der Waals surface area contributed by atoms with Crippen LogP contribution in [-0.4, -0.2) is 59.4 Å². The average Bonchev–Trinajstić information content (AvgIpc) is 2.74. The van der Waals surface area contributed by atoms with Gasteiger partial charge in [0, 0.05) is 42.5 Å². The molecule has 0 saturated carbocycles. The smallest absolute Gasteiger partial charge is 0.257 e. The molecule has 1 aliphatic rings. The first-order valence-corrected chi connectivity index (χ1v) is 10.3. The summed E-state index contributed by atoms with van der Waals surface area (Å²) in [4.78, 5) is 28.9. The van der Waals surface area contributed by atoms with Crippen molar-refractivity contribution in [2.24, 2.45) is 0 Å². The summed E-state index contributed by atoms with van der Waals surface area (Å²) >= 11 is 5.69. The third-order valence-electron chi connectivity index (χ3n) is 5.25. The number of carbonyl (C=O) groups excluding carboxylic acids is 2. The Labute approximate surface area is 180 Å². The van der Waals surface area contributed by atoms with Crippen molar-refractivity contribution in [1.82, 2.24) is 9.80 Å². The highest BCUT2D eigenvalue weighted by atomic mass is 35.5. The van der Waals surface area contributed by atoms with Crippen LogP contribution in [0.15, 0.2) is 42.5 Å². The van der Waals surface area contributed by atoms with Gasteiger partial charge in [-0.25, -0.2) is 4.39 Å². The first kappa shape index (κ1) is 22.2. The zero-order valence-corrected chi connectivity index (χ0v) is 17.5. The van der Waals surface area contributed by atoms with Crippen molar-refractivity contribution in [2.75, 3.05) is 38.0 Å². The Hall–Kier alpha value is -2.48. The molecule has 8 heteroatoms. The Kier molecular flexibility index (Phi) is 7.42. The van der Waals surface area contributed by atoms with Crippen LogP contribution in [-0.2, 0) is 16.0 Å². The number of carbonyl (C=O) groups is 2. The molecule has 1 saturated heterocycles. The number of aliphatic hydroxyl groups is 1. The number of hydrogen-bond acceptors (Lipinski definition) is 4. The van der Waals surface area contributed by atoms with E-state index in [4.69, 9.17) is 11.6 Å². The molecule has 0 aromatic heterocycles. The minimum absolute atomic E-state index is 0.0798. The molecular formula is C22H25ClFN3O3. The van der Waals surface area contributed by atoms with Gasteiger partial charge in [0.05, 0.1) is 6.42 Å². The fraction of sp³-hybridized carbons (Fsp3) is 0.364. The van der Waals surface area contributed by atoms with Crippen molar-refractivity contribution in [2.45, 2.75) is 19.4 Å². The Morgan fingerprint density at radius 1 is 1.13 bits per heavy atom. The summed E-state index contributed by atoms with van der Waals surface area (Å²) in [6, 6.07) is 10.5. The van der Waals surface area contributed by atoms with Crippen LogP contribution in [0.25, 0.3) is 0 Å². The zero-order valence-electron chi connectivity index (χ0n) is 16.8. The number of nitrogens with zero attached hydrogens (tertiary/aromatic N) is 2. The van der Waals surface area contributed by atoms with Gasteiger partial charge in [0.1, 0.15) is 5.82 Å². The minimum atomic E-state index is -1.66. The van der Waals surface area contributed by atoms with Crippen molar-refractivity contribution in [3.8, 4) is 0 Å². The Morgan fingerprint density at radius 3 is 2.40 bits per heavy atom. The summed E-state index contributed by atoms with van der Waals surface area (Å²) in [6.07, 6.45) is -1.37. The minimum Gasteiger partial charge on any atom is -0.378 e. The second-order valence-electron chi connectivity index (χ2n) is 7.25. The standard InChI is InChI=1S/C22H25ClFN3O3/c1-2-26-9-11-27(12-10-26)20(28)13-15-3-6-17(7-4-15)25-22(30)21(29)18-8-5-16(23)14-19(18)24/h3-8,14,21,29H,2,9-13H2,1H3,(H,25,30). The number of nitrogens with one attached hydrogen (secondary N) is 1. The van der Waals surface area contributed by atoms with Crippen molar-refractivity contribution in [3.63, 3.8) is 0 Å². The van der Waals surface area contributed by atoms with E-state index in [1.54, 1.807) is 24.3 Å². The SMILES string of the molecule is CCN1CCN(C(=O)Cc2ccc(NC(=O)C(O)c3ccc(Cl)cc3F)cc2)CC1. The van der Waals surface area contributed by atoms with E-state index >= 15 is 0 Å². The van der Waals surface area contributed by atoms with E-state index in [-0.39, 0.29) is 16.5 Å². The molecule has 1 heterocycles. The molecule has 0 bridgehead atoms. The third-order valence-corrected chi connectivity index (χ3v) is 5.49. The largest absolute Gasteiger partial charge is 0.378 e. The number of likely N-dealkylation sites (N-methyl/N-ethyl adjacent to an activating group) is 1. The van der Waals surface area contributed by atoms with Gasteiger partial charge in [-0.1, -0.05) is 36.7 Å². The van der Waals surface area contributed by atoms with Gasteiger partial charge in [-0.2, -0.15) is 0 Å². The molecule has 30 heavy (non-hydrogen) atoms. The molecule has 1 fully saturated rings. The van der Waals surface area contributed by atoms with Crippen molar-refractivity contribution in [1.29, 1.82) is 0 Å². The number of hydrogen-bond donors (Lipinski definition) is 2. The molecule has 0 spiro atoms. The van der Waals surface area contributed by atoms with Crippen LogP contribution in [0.4, 0.5) is 10.1 Å². The van der Waals surface area contributed by atoms with Crippen LogP contribution < -0.4 is 5.32 Å². The number of halogens is 2. The number of anilines is 1. The van der Waals surface area contributed by atoms with Crippen LogP contribution >= 0.6 is 11.6 Å². The third kappa shape index (κ3) is 5.56. The van der Waals surface area contributed by atoms with Crippen LogP contribution in [0, 0.1) is 5.82 Å². The maximum atomic E-state index is 13.9. The van der Waals surface area contributed by atoms with Crippen LogP contribution in [0.2, 0.25) is 5.02 Å². The van der Waals surface area contributed by atoms with Gasteiger partial charge in [-0.05, 0) is 36.4 Å². The fourth-order valence-corrected chi connectivity index (χ4v) is 3.54. The maximum absolute atomic E-state index is 13.9. The van der Waals surface area contributed by atoms with Crippen LogP contribution in [0.1, 0.15) is 24.2 Å². The molecule has 2 amide bonds. The van der Waals surface area contributed by atoms with E-state index in [0.29, 0.717) is 12.1 Å². The summed E-state index contributed by atoms with van der Waals surface area (Å²) < 4.78 is 13.9. The van der Waals surface area contributed by atoms with Gasteiger partial charge in [0.25, 0.3) is 5.91 Å². The molecule has 6 nitrogen and oxygen atoms in total. The van der Waals surface area contributed by atoms with Gasteiger partial charge >= 0.3 is 0 Å². The van der Waals surface area contributed by atoms with Crippen molar-refractivity contribution in [3.05, 3.63) is 64.4 Å². The molecule has 160 valence electrons. The quantitative estimate of drug-likeness (QED) is 0.734. The lowest BCUT2D eigenvalue weighted by molar-refractivity contribution is -0.132. The molecule has 3 rings (SSSR count). The topological polar surface area (TPSA) is 72.9 Å². The van der Waals surface area contributed by atoms with Gasteiger partial charge in [-0.3, -0.25) is 9.59 Å². The lowest BCUT2D eigenvalue weighted by Gasteiger charge is -2.34. The molecule has 2 aromatic carbocycles. The molecule has 2 aromatic rings. The highest BCUT2D eigenvalue weighted by Crippen LogP contribution is 2.22. The Morgan fingerprint density at radius 2 is 1.80 bits per heavy atom. The van der Waals surface area contributed by atoms with E-state index in [2.05, 4.69) is 17.1 Å². The monoisotopic (exact) mass is 433 g/mol. The highest BCUT2D eigenvalue weighted by molar-refractivity contribution is 6.30. The van der Waals surface area contributed by atoms with Gasteiger partial charge in [-0.15, -0.1) is 0 Å². The predicted molar refractivity (Wildman–Crippen MR) is 114 cm³/mol. The molecular weight excluding hydrogens is 409 g/mol. The Bertz CT molecular complexity index is 899. The molecule has 1 atom stereocenters. The van der Waals surface area contributed by atoms with E-state index < -0.39 is 17.8 Å². The van der Waals surface area contributed by atoms with E-state index in [1.165, 1.54) is 12.1 Å². The average molecular weight is 434 g/mol. The lowest BCUT2D eigenvalue weighted by Crippen LogP contribution is -2.48. The van der Waals surface area contributed by atoms with E-state index in [9.17, 15) is 19.1 Å². The summed E-state index contributed by atoms with van der Waals surface area (Å²) in [7, 11) is 0. The summed E-state index contributed by atoms with van der Waals surface area (Å²) in [5.74, 6) is -1.43. The fourth-order valence-electron chi connectivity index (χ4n) is 3.38. The molecule has 1 aliphatic heterocycles. The summed E-state index contributed by atoms with van der Waals surface area (Å²) in [5.41, 5.74) is 1.13. The molecule has 0 radical (unpaired) electrons. The van der Waals surface area contributed by atoms with Crippen molar-refractivity contribution >= 4 is 29.1 Å². The van der Waals surface area contributed by atoms with Crippen LogP contribution in [0.5, 0.6) is 0 Å². The highest BCUT2D eigenvalue weighted by Gasteiger charge is 2.22. The molecule has 0 aliphatic carbocycles. The van der Waals surface area contributed by atoms with E-state index in [0.717, 1.165) is 44.4 Å². The van der Waals surface area contributed by atoms with Gasteiger partial charge in [0.15, 0.2) is 6.10 Å². The predicted octanol–water partition coefficient (Wildman–Crippen LogP) is 2.86. The zero-order chi connectivity index (χ0) is 21.7. The first-order chi connectivity index (χ1) is 14.4. The summed E-state index contributed by atoms with van der Waals surface area (Å²) in [5, 5.41) is 12.9. The number of piperazine rings is 1. The Balaban J connectivity index is 1.55. The van der Waals surface area contributed by atoms with E-state index in [1.807, 2.05) is 4.90 Å². The second kappa shape index (κ2) is 10.0.